The maximum Gasteiger partial charge on any atom is 0.0468 e. The molecule has 0 unspecified atom stereocenters. The molecule has 9 aromatic rings. The highest BCUT2D eigenvalue weighted by Crippen LogP contribution is 2.52. The van der Waals surface area contributed by atoms with Crippen molar-refractivity contribution >= 4 is 38.6 Å². The first-order valence-electron chi connectivity index (χ1n) is 18.8. The van der Waals surface area contributed by atoms with Crippen LogP contribution in [0, 0.1) is 0 Å². The molecular formula is C53H39N. The molecule has 0 saturated heterocycles. The van der Waals surface area contributed by atoms with Crippen LogP contribution in [0.15, 0.2) is 200 Å². The minimum atomic E-state index is -0.171. The number of nitrogens with zero attached hydrogens (tertiary/aromatic N) is 1. The number of rotatable bonds is 6. The van der Waals surface area contributed by atoms with Gasteiger partial charge in [-0.05, 0) is 120 Å². The Hall–Kier alpha value is -6.70. The lowest BCUT2D eigenvalue weighted by Gasteiger charge is -2.28. The van der Waals surface area contributed by atoms with Crippen molar-refractivity contribution in [1.29, 1.82) is 0 Å². The van der Waals surface area contributed by atoms with Crippen LogP contribution in [-0.2, 0) is 5.41 Å². The predicted octanol–water partition coefficient (Wildman–Crippen LogP) is 14.8. The van der Waals surface area contributed by atoms with Gasteiger partial charge in [0.25, 0.3) is 0 Å². The molecule has 0 fully saturated rings. The molecule has 1 heteroatoms. The second kappa shape index (κ2) is 12.8. The van der Waals surface area contributed by atoms with Gasteiger partial charge in [0.1, 0.15) is 0 Å². The normalized spacial score (nSPS) is 12.8. The molecule has 1 nitrogen and oxygen atoms in total. The quantitative estimate of drug-likeness (QED) is 0.168. The molecule has 10 rings (SSSR count). The average molecular weight is 690 g/mol. The Bertz CT molecular complexity index is 2750. The van der Waals surface area contributed by atoms with Crippen molar-refractivity contribution in [2.75, 3.05) is 4.90 Å². The molecule has 0 amide bonds. The van der Waals surface area contributed by atoms with Gasteiger partial charge in [-0.1, -0.05) is 172 Å². The van der Waals surface area contributed by atoms with Crippen molar-refractivity contribution in [3.8, 4) is 44.5 Å². The van der Waals surface area contributed by atoms with Crippen molar-refractivity contribution in [3.63, 3.8) is 0 Å². The van der Waals surface area contributed by atoms with Crippen LogP contribution in [0.3, 0.4) is 0 Å². The second-order valence-corrected chi connectivity index (χ2v) is 15.0. The lowest BCUT2D eigenvalue weighted by molar-refractivity contribution is 0.660. The molecule has 0 radical (unpaired) electrons. The Morgan fingerprint density at radius 3 is 1.20 bits per heavy atom. The topological polar surface area (TPSA) is 3.24 Å². The number of anilines is 3. The Morgan fingerprint density at radius 2 is 0.667 bits per heavy atom. The highest BCUT2D eigenvalue weighted by atomic mass is 15.1. The molecule has 0 N–H and O–H groups in total. The number of fused-ring (bicyclic) bond motifs is 5. The molecule has 0 aliphatic heterocycles. The van der Waals surface area contributed by atoms with Gasteiger partial charge in [0.05, 0.1) is 0 Å². The molecule has 0 atom stereocenters. The zero-order valence-corrected chi connectivity index (χ0v) is 30.5. The third-order valence-electron chi connectivity index (χ3n) is 11.4. The SMILES string of the molecule is CC1(C)c2cc(-c3ccc(-c4ccc(-c5ccccc5)cc4)cc3)ccc2-c2ccc(N(c3ccc4ccccc4c3)c3ccc4ccccc4c3)cc21. The maximum absolute atomic E-state index is 2.43. The molecule has 1 aliphatic rings. The van der Waals surface area contributed by atoms with Crippen LogP contribution in [-0.4, -0.2) is 0 Å². The summed E-state index contributed by atoms with van der Waals surface area (Å²) in [5.41, 5.74) is 16.1. The fraction of sp³-hybridized carbons (Fsp3) is 0.0566. The van der Waals surface area contributed by atoms with Crippen molar-refractivity contribution in [2.24, 2.45) is 0 Å². The molecular weight excluding hydrogens is 651 g/mol. The molecule has 0 bridgehead atoms. The highest BCUT2D eigenvalue weighted by Gasteiger charge is 2.36. The molecule has 54 heavy (non-hydrogen) atoms. The monoisotopic (exact) mass is 689 g/mol. The summed E-state index contributed by atoms with van der Waals surface area (Å²) >= 11 is 0. The van der Waals surface area contributed by atoms with E-state index < -0.39 is 0 Å². The molecule has 0 heterocycles. The Balaban J connectivity index is 0.994. The zero-order valence-electron chi connectivity index (χ0n) is 30.5. The third kappa shape index (κ3) is 5.49. The Kier molecular flexibility index (Phi) is 7.56. The summed E-state index contributed by atoms with van der Waals surface area (Å²) in [6, 6.07) is 73.4. The maximum atomic E-state index is 2.43. The zero-order chi connectivity index (χ0) is 36.2. The lowest BCUT2D eigenvalue weighted by Crippen LogP contribution is -2.16. The summed E-state index contributed by atoms with van der Waals surface area (Å²) in [5, 5.41) is 4.95. The van der Waals surface area contributed by atoms with E-state index in [2.05, 4.69) is 219 Å². The second-order valence-electron chi connectivity index (χ2n) is 15.0. The van der Waals surface area contributed by atoms with Crippen LogP contribution in [0.4, 0.5) is 17.1 Å². The largest absolute Gasteiger partial charge is 0.310 e. The van der Waals surface area contributed by atoms with Gasteiger partial charge in [-0.25, -0.2) is 0 Å². The summed E-state index contributed by atoms with van der Waals surface area (Å²) in [4.78, 5) is 2.42. The van der Waals surface area contributed by atoms with Crippen LogP contribution in [0.2, 0.25) is 0 Å². The molecule has 1 aliphatic carbocycles. The van der Waals surface area contributed by atoms with E-state index in [1.54, 1.807) is 0 Å². The van der Waals surface area contributed by atoms with Gasteiger partial charge in [-0.2, -0.15) is 0 Å². The van der Waals surface area contributed by atoms with Gasteiger partial charge in [0.2, 0.25) is 0 Å². The van der Waals surface area contributed by atoms with Crippen molar-refractivity contribution in [1.82, 2.24) is 0 Å². The minimum absolute atomic E-state index is 0.171. The van der Waals surface area contributed by atoms with Crippen molar-refractivity contribution in [3.05, 3.63) is 211 Å². The van der Waals surface area contributed by atoms with Crippen LogP contribution in [0.1, 0.15) is 25.0 Å². The predicted molar refractivity (Wildman–Crippen MR) is 230 cm³/mol. The first-order chi connectivity index (χ1) is 26.5. The van der Waals surface area contributed by atoms with E-state index in [1.165, 1.54) is 77.2 Å². The lowest BCUT2D eigenvalue weighted by atomic mass is 9.81. The Morgan fingerprint density at radius 1 is 0.296 bits per heavy atom. The van der Waals surface area contributed by atoms with Gasteiger partial charge >= 0.3 is 0 Å². The fourth-order valence-corrected chi connectivity index (χ4v) is 8.46. The first kappa shape index (κ1) is 32.0. The number of benzene rings is 9. The van der Waals surface area contributed by atoms with E-state index in [0.717, 1.165) is 17.1 Å². The van der Waals surface area contributed by atoms with Crippen molar-refractivity contribution < 1.29 is 0 Å². The van der Waals surface area contributed by atoms with E-state index in [9.17, 15) is 0 Å². The summed E-state index contributed by atoms with van der Waals surface area (Å²) in [6.45, 7) is 4.76. The number of hydrogen-bond donors (Lipinski definition) is 0. The fourth-order valence-electron chi connectivity index (χ4n) is 8.46. The van der Waals surface area contributed by atoms with Gasteiger partial charge in [0, 0.05) is 22.5 Å². The van der Waals surface area contributed by atoms with Gasteiger partial charge in [-0.15, -0.1) is 0 Å². The third-order valence-corrected chi connectivity index (χ3v) is 11.4. The smallest absolute Gasteiger partial charge is 0.0468 e. The number of hydrogen-bond acceptors (Lipinski definition) is 1. The summed E-state index contributed by atoms with van der Waals surface area (Å²) in [6.07, 6.45) is 0. The molecule has 0 spiro atoms. The van der Waals surface area contributed by atoms with Gasteiger partial charge in [0.15, 0.2) is 0 Å². The summed E-state index contributed by atoms with van der Waals surface area (Å²) in [5.74, 6) is 0. The summed E-state index contributed by atoms with van der Waals surface area (Å²) < 4.78 is 0. The van der Waals surface area contributed by atoms with Crippen molar-refractivity contribution in [2.45, 2.75) is 19.3 Å². The van der Waals surface area contributed by atoms with Crippen LogP contribution < -0.4 is 4.90 Å². The van der Waals surface area contributed by atoms with Gasteiger partial charge < -0.3 is 4.90 Å². The standard InChI is InChI=1S/C53H39N/c1-53(2)51-34-45(42-22-20-41(21-23-42)40-18-16-39(17-19-40)36-10-4-3-5-11-36)26-30-49(51)50-31-29-48(35-52(50)53)54(46-27-24-37-12-6-8-14-43(37)32-46)47-28-25-38-13-7-9-15-44(38)33-47/h3-35H,1-2H3. The van der Waals surface area contributed by atoms with Crippen LogP contribution in [0.25, 0.3) is 66.1 Å². The minimum Gasteiger partial charge on any atom is -0.310 e. The average Bonchev–Trinajstić information content (AvgIpc) is 3.46. The Labute approximate surface area is 317 Å². The highest BCUT2D eigenvalue weighted by molar-refractivity contribution is 5.94. The van der Waals surface area contributed by atoms with Crippen LogP contribution >= 0.6 is 0 Å². The van der Waals surface area contributed by atoms with E-state index in [-0.39, 0.29) is 5.41 Å². The van der Waals surface area contributed by atoms with E-state index in [0.29, 0.717) is 0 Å². The van der Waals surface area contributed by atoms with Gasteiger partial charge in [-0.3, -0.25) is 0 Å². The van der Waals surface area contributed by atoms with E-state index in [1.807, 2.05) is 0 Å². The molecule has 0 saturated carbocycles. The van der Waals surface area contributed by atoms with E-state index >= 15 is 0 Å². The van der Waals surface area contributed by atoms with E-state index in [4.69, 9.17) is 0 Å². The van der Waals surface area contributed by atoms with Crippen LogP contribution in [0.5, 0.6) is 0 Å². The molecule has 9 aromatic carbocycles. The molecule has 0 aromatic heterocycles. The molecule has 256 valence electrons. The summed E-state index contributed by atoms with van der Waals surface area (Å²) in [7, 11) is 0. The first-order valence-corrected chi connectivity index (χ1v) is 18.8.